The van der Waals surface area contributed by atoms with Crippen LogP contribution in [0.2, 0.25) is 0 Å². The molecule has 1 heterocycles. The van der Waals surface area contributed by atoms with Crippen molar-refractivity contribution in [2.45, 2.75) is 33.6 Å². The average Bonchev–Trinajstić information content (AvgIpc) is 2.39. The van der Waals surface area contributed by atoms with E-state index in [9.17, 15) is 9.59 Å². The fourth-order valence-electron chi connectivity index (χ4n) is 2.12. The number of primary amides is 1. The lowest BCUT2D eigenvalue weighted by atomic mass is 9.92. The molecule has 1 fully saturated rings. The number of unbranched alkanes of at least 4 members (excludes halogenated alkanes) is 1. The van der Waals surface area contributed by atoms with Crippen molar-refractivity contribution in [3.05, 3.63) is 0 Å². The summed E-state index contributed by atoms with van der Waals surface area (Å²) < 4.78 is 5.19. The van der Waals surface area contributed by atoms with E-state index in [0.29, 0.717) is 26.2 Å². The van der Waals surface area contributed by atoms with E-state index in [-0.39, 0.29) is 12.0 Å². The summed E-state index contributed by atoms with van der Waals surface area (Å²) >= 11 is 0. The lowest BCUT2D eigenvalue weighted by Gasteiger charge is -2.37. The summed E-state index contributed by atoms with van der Waals surface area (Å²) in [5, 5.41) is 0. The molecular weight excluding hydrogens is 258 g/mol. The molecule has 1 aliphatic heterocycles. The summed E-state index contributed by atoms with van der Waals surface area (Å²) in [6, 6.07) is 0. The number of nitrogens with zero attached hydrogens (tertiary/aromatic N) is 2. The van der Waals surface area contributed by atoms with Crippen molar-refractivity contribution in [3.8, 4) is 0 Å². The van der Waals surface area contributed by atoms with Gasteiger partial charge in [-0.15, -0.1) is 0 Å². The standard InChI is InChI=1S/C14H27N3O3/c1-4-5-10-20-13(19)17-8-6-16(7-9-17)11-14(2,3)12(15)18/h4-11H2,1-3H3,(H2,15,18). The highest BCUT2D eigenvalue weighted by atomic mass is 16.6. The molecular formula is C14H27N3O3. The Balaban J connectivity index is 2.33. The first kappa shape index (κ1) is 16.8. The molecule has 0 atom stereocenters. The Morgan fingerprint density at radius 3 is 2.30 bits per heavy atom. The van der Waals surface area contributed by atoms with E-state index in [1.807, 2.05) is 13.8 Å². The summed E-state index contributed by atoms with van der Waals surface area (Å²) in [5.74, 6) is -0.293. The highest BCUT2D eigenvalue weighted by molar-refractivity contribution is 5.80. The molecule has 0 radical (unpaired) electrons. The molecule has 6 nitrogen and oxygen atoms in total. The van der Waals surface area contributed by atoms with Crippen LogP contribution in [0.3, 0.4) is 0 Å². The predicted molar refractivity (Wildman–Crippen MR) is 77.2 cm³/mol. The summed E-state index contributed by atoms with van der Waals surface area (Å²) in [6.07, 6.45) is 1.69. The normalized spacial score (nSPS) is 17.1. The fraction of sp³-hybridized carbons (Fsp3) is 0.857. The number of amides is 2. The smallest absolute Gasteiger partial charge is 0.409 e. The lowest BCUT2D eigenvalue weighted by Crippen LogP contribution is -2.52. The number of rotatable bonds is 6. The van der Waals surface area contributed by atoms with Gasteiger partial charge in [-0.1, -0.05) is 13.3 Å². The topological polar surface area (TPSA) is 75.9 Å². The number of ether oxygens (including phenoxy) is 1. The van der Waals surface area contributed by atoms with Crippen LogP contribution >= 0.6 is 0 Å². The number of hydrogen-bond acceptors (Lipinski definition) is 4. The van der Waals surface area contributed by atoms with Gasteiger partial charge in [0.2, 0.25) is 5.91 Å². The third-order valence-corrected chi connectivity index (χ3v) is 3.64. The van der Waals surface area contributed by atoms with E-state index in [0.717, 1.165) is 25.9 Å². The first-order valence-electron chi connectivity index (χ1n) is 7.31. The molecule has 116 valence electrons. The first-order chi connectivity index (χ1) is 9.36. The summed E-state index contributed by atoms with van der Waals surface area (Å²) in [5.41, 5.74) is 4.84. The molecule has 0 bridgehead atoms. The molecule has 20 heavy (non-hydrogen) atoms. The van der Waals surface area contributed by atoms with E-state index < -0.39 is 5.41 Å². The molecule has 0 aromatic rings. The maximum atomic E-state index is 11.8. The van der Waals surface area contributed by atoms with E-state index in [4.69, 9.17) is 10.5 Å². The van der Waals surface area contributed by atoms with Crippen molar-refractivity contribution >= 4 is 12.0 Å². The van der Waals surface area contributed by atoms with Crippen molar-refractivity contribution in [1.82, 2.24) is 9.80 Å². The summed E-state index contributed by atoms with van der Waals surface area (Å²) in [6.45, 7) is 9.65. The second kappa shape index (κ2) is 7.47. The van der Waals surface area contributed by atoms with E-state index in [1.165, 1.54) is 0 Å². The maximum absolute atomic E-state index is 11.8. The quantitative estimate of drug-likeness (QED) is 0.740. The van der Waals surface area contributed by atoms with Crippen LogP contribution < -0.4 is 5.73 Å². The Labute approximate surface area is 121 Å². The van der Waals surface area contributed by atoms with Crippen LogP contribution in [0.4, 0.5) is 4.79 Å². The van der Waals surface area contributed by atoms with Gasteiger partial charge in [-0.05, 0) is 20.3 Å². The van der Waals surface area contributed by atoms with Gasteiger partial charge >= 0.3 is 6.09 Å². The Hall–Kier alpha value is -1.30. The molecule has 6 heteroatoms. The van der Waals surface area contributed by atoms with Gasteiger partial charge < -0.3 is 15.4 Å². The van der Waals surface area contributed by atoms with Crippen LogP contribution in [0.1, 0.15) is 33.6 Å². The number of carbonyl (C=O) groups excluding carboxylic acids is 2. The van der Waals surface area contributed by atoms with E-state index in [1.54, 1.807) is 4.90 Å². The molecule has 1 aliphatic rings. The van der Waals surface area contributed by atoms with Gasteiger partial charge in [0, 0.05) is 32.7 Å². The highest BCUT2D eigenvalue weighted by Crippen LogP contribution is 2.17. The number of piperazine rings is 1. The molecule has 0 aromatic heterocycles. The highest BCUT2D eigenvalue weighted by Gasteiger charge is 2.30. The minimum absolute atomic E-state index is 0.229. The summed E-state index contributed by atoms with van der Waals surface area (Å²) in [7, 11) is 0. The van der Waals surface area contributed by atoms with Gasteiger partial charge in [-0.3, -0.25) is 9.69 Å². The molecule has 0 spiro atoms. The molecule has 0 saturated carbocycles. The molecule has 0 unspecified atom stereocenters. The van der Waals surface area contributed by atoms with Crippen molar-refractivity contribution in [1.29, 1.82) is 0 Å². The van der Waals surface area contributed by atoms with E-state index in [2.05, 4.69) is 11.8 Å². The van der Waals surface area contributed by atoms with Gasteiger partial charge in [0.05, 0.1) is 12.0 Å². The second-order valence-corrected chi connectivity index (χ2v) is 5.98. The third kappa shape index (κ3) is 5.00. The van der Waals surface area contributed by atoms with Crippen molar-refractivity contribution in [2.24, 2.45) is 11.1 Å². The number of hydrogen-bond donors (Lipinski definition) is 1. The van der Waals surface area contributed by atoms with Gasteiger partial charge in [-0.2, -0.15) is 0 Å². The SMILES string of the molecule is CCCCOC(=O)N1CCN(CC(C)(C)C(N)=O)CC1. The van der Waals surface area contributed by atoms with Crippen LogP contribution in [-0.2, 0) is 9.53 Å². The molecule has 2 amide bonds. The number of carbonyl (C=O) groups is 2. The fourth-order valence-corrected chi connectivity index (χ4v) is 2.12. The minimum Gasteiger partial charge on any atom is -0.449 e. The zero-order valence-corrected chi connectivity index (χ0v) is 12.9. The van der Waals surface area contributed by atoms with Gasteiger partial charge in [-0.25, -0.2) is 4.79 Å². The Kier molecular flexibility index (Phi) is 6.26. The van der Waals surface area contributed by atoms with Crippen LogP contribution in [0, 0.1) is 5.41 Å². The van der Waals surface area contributed by atoms with Crippen molar-refractivity contribution < 1.29 is 14.3 Å². The molecule has 1 rings (SSSR count). The van der Waals surface area contributed by atoms with Crippen molar-refractivity contribution in [2.75, 3.05) is 39.3 Å². The van der Waals surface area contributed by atoms with Gasteiger partial charge in [0.25, 0.3) is 0 Å². The largest absolute Gasteiger partial charge is 0.449 e. The van der Waals surface area contributed by atoms with Gasteiger partial charge in [0.15, 0.2) is 0 Å². The Bertz CT molecular complexity index is 337. The lowest BCUT2D eigenvalue weighted by molar-refractivity contribution is -0.127. The molecule has 2 N–H and O–H groups in total. The first-order valence-corrected chi connectivity index (χ1v) is 7.31. The second-order valence-electron chi connectivity index (χ2n) is 5.98. The minimum atomic E-state index is -0.538. The zero-order chi connectivity index (χ0) is 15.2. The van der Waals surface area contributed by atoms with Crippen molar-refractivity contribution in [3.63, 3.8) is 0 Å². The summed E-state index contributed by atoms with van der Waals surface area (Å²) in [4.78, 5) is 27.0. The van der Waals surface area contributed by atoms with Crippen LogP contribution in [0.25, 0.3) is 0 Å². The van der Waals surface area contributed by atoms with Crippen LogP contribution in [0.5, 0.6) is 0 Å². The molecule has 0 aromatic carbocycles. The monoisotopic (exact) mass is 285 g/mol. The van der Waals surface area contributed by atoms with Crippen LogP contribution in [0.15, 0.2) is 0 Å². The number of nitrogens with two attached hydrogens (primary N) is 1. The molecule has 1 saturated heterocycles. The maximum Gasteiger partial charge on any atom is 0.409 e. The van der Waals surface area contributed by atoms with E-state index >= 15 is 0 Å². The average molecular weight is 285 g/mol. The Morgan fingerprint density at radius 2 is 1.80 bits per heavy atom. The third-order valence-electron chi connectivity index (χ3n) is 3.64. The zero-order valence-electron chi connectivity index (χ0n) is 12.9. The molecule has 0 aliphatic carbocycles. The van der Waals surface area contributed by atoms with Gasteiger partial charge in [0.1, 0.15) is 0 Å². The Morgan fingerprint density at radius 1 is 1.20 bits per heavy atom. The predicted octanol–water partition coefficient (Wildman–Crippen LogP) is 1.05. The van der Waals surface area contributed by atoms with Crippen LogP contribution in [-0.4, -0.2) is 61.1 Å².